The molecular formula is C26H31ClN6O. The van der Waals surface area contributed by atoms with Gasteiger partial charge < -0.3 is 19.4 Å². The Morgan fingerprint density at radius 2 is 1.85 bits per heavy atom. The summed E-state index contributed by atoms with van der Waals surface area (Å²) in [5.74, 6) is 2.59. The van der Waals surface area contributed by atoms with Crippen molar-refractivity contribution in [1.29, 1.82) is 0 Å². The molecule has 1 atom stereocenters. The van der Waals surface area contributed by atoms with Crippen molar-refractivity contribution in [3.8, 4) is 11.3 Å². The summed E-state index contributed by atoms with van der Waals surface area (Å²) in [7, 11) is 0. The Balaban J connectivity index is 1.47. The van der Waals surface area contributed by atoms with E-state index in [0.717, 1.165) is 68.0 Å². The zero-order chi connectivity index (χ0) is 23.5. The number of ether oxygens (including phenoxy) is 1. The molecule has 0 bridgehead atoms. The Hall–Kier alpha value is -2.90. The fourth-order valence-corrected chi connectivity index (χ4v) is 4.91. The molecule has 1 unspecified atom stereocenters. The predicted molar refractivity (Wildman–Crippen MR) is 138 cm³/mol. The third-order valence-corrected chi connectivity index (χ3v) is 6.88. The van der Waals surface area contributed by atoms with Gasteiger partial charge in [-0.2, -0.15) is 4.98 Å². The number of halogens is 1. The topological polar surface area (TPSA) is 57.6 Å². The largest absolute Gasteiger partial charge is 0.378 e. The molecule has 0 aliphatic carbocycles. The second-order valence-corrected chi connectivity index (χ2v) is 9.27. The van der Waals surface area contributed by atoms with Crippen molar-refractivity contribution in [3.63, 3.8) is 0 Å². The molecule has 7 nitrogen and oxygen atoms in total. The zero-order valence-corrected chi connectivity index (χ0v) is 20.6. The van der Waals surface area contributed by atoms with Gasteiger partial charge in [-0.1, -0.05) is 36.7 Å². The summed E-state index contributed by atoms with van der Waals surface area (Å²) in [5, 5.41) is 0.692. The molecule has 0 radical (unpaired) electrons. The number of anilines is 3. The number of rotatable bonds is 5. The normalized spacial score (nSPS) is 18.9. The average Bonchev–Trinajstić information content (AvgIpc) is 2.89. The highest BCUT2D eigenvalue weighted by Crippen LogP contribution is 2.30. The average molecular weight is 479 g/mol. The maximum Gasteiger partial charge on any atom is 0.228 e. The van der Waals surface area contributed by atoms with Crippen LogP contribution in [0.4, 0.5) is 17.6 Å². The molecule has 1 aromatic carbocycles. The lowest BCUT2D eigenvalue weighted by Gasteiger charge is -2.41. The van der Waals surface area contributed by atoms with Crippen LogP contribution in [0.1, 0.15) is 19.4 Å². The van der Waals surface area contributed by atoms with Crippen LogP contribution in [0.15, 0.2) is 48.7 Å². The quantitative estimate of drug-likeness (QED) is 0.541. The van der Waals surface area contributed by atoms with Crippen molar-refractivity contribution in [2.75, 3.05) is 60.6 Å². The first-order valence-electron chi connectivity index (χ1n) is 12.1. The van der Waals surface area contributed by atoms with Gasteiger partial charge >= 0.3 is 0 Å². The summed E-state index contributed by atoms with van der Waals surface area (Å²) in [6.07, 6.45) is 2.80. The Morgan fingerprint density at radius 1 is 1.00 bits per heavy atom. The minimum atomic E-state index is 0.245. The van der Waals surface area contributed by atoms with E-state index >= 15 is 0 Å². The fourth-order valence-electron chi connectivity index (χ4n) is 4.67. The fraction of sp³-hybridized carbons (Fsp3) is 0.423. The first-order valence-corrected chi connectivity index (χ1v) is 12.4. The maximum atomic E-state index is 6.42. The lowest BCUT2D eigenvalue weighted by Crippen LogP contribution is -2.53. The zero-order valence-electron chi connectivity index (χ0n) is 19.8. The molecule has 2 aliphatic rings. The summed E-state index contributed by atoms with van der Waals surface area (Å²) in [5.41, 5.74) is 3.40. The number of piperazine rings is 1. The SMILES string of the molecule is CCc1cccc(-c2cc(N3CCN(c4ncccc4Cl)CC3C)nc(N3CCOCC3)n2)c1. The summed E-state index contributed by atoms with van der Waals surface area (Å²) < 4.78 is 5.56. The van der Waals surface area contributed by atoms with Crippen molar-refractivity contribution in [2.24, 2.45) is 0 Å². The highest BCUT2D eigenvalue weighted by molar-refractivity contribution is 6.32. The summed E-state index contributed by atoms with van der Waals surface area (Å²) in [6.45, 7) is 9.92. The van der Waals surface area contributed by atoms with Gasteiger partial charge in [0.1, 0.15) is 11.6 Å². The number of benzene rings is 1. The van der Waals surface area contributed by atoms with Crippen LogP contribution in [-0.2, 0) is 11.2 Å². The van der Waals surface area contributed by atoms with E-state index in [1.807, 2.05) is 12.1 Å². The van der Waals surface area contributed by atoms with Gasteiger partial charge in [0.2, 0.25) is 5.95 Å². The van der Waals surface area contributed by atoms with Gasteiger partial charge in [-0.3, -0.25) is 0 Å². The van der Waals surface area contributed by atoms with Gasteiger partial charge in [-0.05, 0) is 37.1 Å². The number of aromatic nitrogens is 3. The number of aryl methyl sites for hydroxylation is 1. The van der Waals surface area contributed by atoms with E-state index in [2.05, 4.69) is 63.9 Å². The number of hydrogen-bond donors (Lipinski definition) is 0. The summed E-state index contributed by atoms with van der Waals surface area (Å²) in [6, 6.07) is 14.8. The number of hydrogen-bond acceptors (Lipinski definition) is 7. The monoisotopic (exact) mass is 478 g/mol. The van der Waals surface area contributed by atoms with Crippen LogP contribution in [0, 0.1) is 0 Å². The van der Waals surface area contributed by atoms with Crippen molar-refractivity contribution >= 4 is 29.2 Å². The number of morpholine rings is 1. The minimum Gasteiger partial charge on any atom is -0.378 e. The first-order chi connectivity index (χ1) is 16.6. The third kappa shape index (κ3) is 4.81. The van der Waals surface area contributed by atoms with E-state index in [9.17, 15) is 0 Å². The van der Waals surface area contributed by atoms with Crippen molar-refractivity contribution in [1.82, 2.24) is 15.0 Å². The maximum absolute atomic E-state index is 6.42. The molecule has 8 heteroatoms. The molecule has 2 fully saturated rings. The molecular weight excluding hydrogens is 448 g/mol. The molecule has 4 heterocycles. The van der Waals surface area contributed by atoms with Crippen LogP contribution in [0.2, 0.25) is 5.02 Å². The number of pyridine rings is 1. The van der Waals surface area contributed by atoms with Crippen molar-refractivity contribution in [2.45, 2.75) is 26.3 Å². The molecule has 5 rings (SSSR count). The smallest absolute Gasteiger partial charge is 0.228 e. The van der Waals surface area contributed by atoms with Crippen molar-refractivity contribution < 1.29 is 4.74 Å². The molecule has 2 aliphatic heterocycles. The van der Waals surface area contributed by atoms with Crippen LogP contribution >= 0.6 is 11.6 Å². The Labute approximate surface area is 206 Å². The highest BCUT2D eigenvalue weighted by Gasteiger charge is 2.28. The van der Waals surface area contributed by atoms with Gasteiger partial charge in [0, 0.05) is 56.6 Å². The molecule has 34 heavy (non-hydrogen) atoms. The Morgan fingerprint density at radius 3 is 2.62 bits per heavy atom. The van der Waals surface area contributed by atoms with E-state index in [4.69, 9.17) is 26.3 Å². The molecule has 2 aromatic heterocycles. The highest BCUT2D eigenvalue weighted by atomic mass is 35.5. The van der Waals surface area contributed by atoms with Gasteiger partial charge in [0.05, 0.1) is 23.9 Å². The molecule has 2 saturated heterocycles. The van der Waals surface area contributed by atoms with Gasteiger partial charge in [-0.15, -0.1) is 0 Å². The Bertz CT molecular complexity index is 1140. The van der Waals surface area contributed by atoms with Crippen LogP contribution in [0.25, 0.3) is 11.3 Å². The number of nitrogens with zero attached hydrogens (tertiary/aromatic N) is 6. The molecule has 0 amide bonds. The van der Waals surface area contributed by atoms with Crippen LogP contribution < -0.4 is 14.7 Å². The van der Waals surface area contributed by atoms with E-state index in [1.165, 1.54) is 5.56 Å². The van der Waals surface area contributed by atoms with Crippen LogP contribution in [0.3, 0.4) is 0 Å². The van der Waals surface area contributed by atoms with Crippen LogP contribution in [-0.4, -0.2) is 66.9 Å². The lowest BCUT2D eigenvalue weighted by molar-refractivity contribution is 0.122. The lowest BCUT2D eigenvalue weighted by atomic mass is 10.1. The van der Waals surface area contributed by atoms with Gasteiger partial charge in [0.25, 0.3) is 0 Å². The second-order valence-electron chi connectivity index (χ2n) is 8.86. The minimum absolute atomic E-state index is 0.245. The van der Waals surface area contributed by atoms with E-state index in [-0.39, 0.29) is 6.04 Å². The van der Waals surface area contributed by atoms with Gasteiger partial charge in [0.15, 0.2) is 0 Å². The molecule has 0 N–H and O–H groups in total. The Kier molecular flexibility index (Phi) is 6.83. The molecule has 0 saturated carbocycles. The second kappa shape index (κ2) is 10.2. The third-order valence-electron chi connectivity index (χ3n) is 6.59. The predicted octanol–water partition coefficient (Wildman–Crippen LogP) is 4.31. The van der Waals surface area contributed by atoms with E-state index < -0.39 is 0 Å². The van der Waals surface area contributed by atoms with E-state index in [1.54, 1.807) is 6.20 Å². The molecule has 178 valence electrons. The summed E-state index contributed by atoms with van der Waals surface area (Å²) >= 11 is 6.42. The molecule has 0 spiro atoms. The van der Waals surface area contributed by atoms with Gasteiger partial charge in [-0.25, -0.2) is 9.97 Å². The summed E-state index contributed by atoms with van der Waals surface area (Å²) in [4.78, 5) is 21.4. The van der Waals surface area contributed by atoms with E-state index in [0.29, 0.717) is 18.2 Å². The van der Waals surface area contributed by atoms with Crippen LogP contribution in [0.5, 0.6) is 0 Å². The first kappa shape index (κ1) is 22.9. The standard InChI is InChI=1S/C26H31ClN6O/c1-3-20-6-4-7-21(16-20)23-17-24(30-26(29-23)31-12-14-34-15-13-31)33-11-10-32(18-19(33)2)25-22(27)8-5-9-28-25/h4-9,16-17,19H,3,10-15,18H2,1-2H3. The molecule has 3 aromatic rings. The van der Waals surface area contributed by atoms with Crippen molar-refractivity contribution in [3.05, 3.63) is 59.2 Å².